The van der Waals surface area contributed by atoms with Gasteiger partial charge in [0.2, 0.25) is 5.95 Å². The van der Waals surface area contributed by atoms with Crippen LogP contribution in [0.25, 0.3) is 0 Å². The molecule has 136 valence electrons. The van der Waals surface area contributed by atoms with Crippen LogP contribution >= 0.6 is 0 Å². The number of nitrogens with one attached hydrogen (secondary N) is 1. The maximum absolute atomic E-state index is 13.3. The number of halogens is 1. The number of carbonyl (C=O) groups is 1. The van der Waals surface area contributed by atoms with Crippen LogP contribution < -0.4 is 5.32 Å². The van der Waals surface area contributed by atoms with Gasteiger partial charge in [-0.1, -0.05) is 6.07 Å². The minimum atomic E-state index is -0.391. The van der Waals surface area contributed by atoms with Crippen LogP contribution in [0.3, 0.4) is 0 Å². The number of nitrogens with zero attached hydrogens (tertiary/aromatic N) is 3. The highest BCUT2D eigenvalue weighted by atomic mass is 19.1. The van der Waals surface area contributed by atoms with Crippen molar-refractivity contribution in [2.45, 2.75) is 18.4 Å². The molecule has 0 bridgehead atoms. The van der Waals surface area contributed by atoms with Gasteiger partial charge in [0.15, 0.2) is 0 Å². The molecule has 26 heavy (non-hydrogen) atoms. The summed E-state index contributed by atoms with van der Waals surface area (Å²) in [6.45, 7) is 2.57. The number of hydrogen-bond donors (Lipinski definition) is 1. The van der Waals surface area contributed by atoms with E-state index in [1.165, 1.54) is 12.1 Å². The topological polar surface area (TPSA) is 67.4 Å². The second kappa shape index (κ2) is 6.99. The molecule has 4 rings (SSSR count). The summed E-state index contributed by atoms with van der Waals surface area (Å²) < 4.78 is 19.4. The molecule has 1 amide bonds. The first kappa shape index (κ1) is 16.9. The molecule has 1 atom stereocenters. The zero-order valence-corrected chi connectivity index (χ0v) is 14.4. The Morgan fingerprint density at radius 1 is 1.31 bits per heavy atom. The highest BCUT2D eigenvalue weighted by Crippen LogP contribution is 2.36. The third kappa shape index (κ3) is 3.53. The van der Waals surface area contributed by atoms with E-state index in [2.05, 4.69) is 15.3 Å². The lowest BCUT2D eigenvalue weighted by molar-refractivity contribution is -0.165. The van der Waals surface area contributed by atoms with Crippen LogP contribution in [0.5, 0.6) is 0 Å². The number of hydrogen-bond acceptors (Lipinski definition) is 5. The molecule has 1 aromatic carbocycles. The summed E-state index contributed by atoms with van der Waals surface area (Å²) in [7, 11) is 0. The molecule has 2 saturated heterocycles. The Labute approximate surface area is 151 Å². The van der Waals surface area contributed by atoms with E-state index in [9.17, 15) is 9.18 Å². The molecule has 1 aromatic heterocycles. The molecule has 2 fully saturated rings. The number of rotatable bonds is 4. The van der Waals surface area contributed by atoms with E-state index in [1.807, 2.05) is 0 Å². The fourth-order valence-electron chi connectivity index (χ4n) is 3.55. The molecule has 2 aromatic rings. The predicted octanol–water partition coefficient (Wildman–Crippen LogP) is 2.35. The van der Waals surface area contributed by atoms with Gasteiger partial charge in [-0.2, -0.15) is 0 Å². The first-order valence-electron chi connectivity index (χ1n) is 8.83. The molecule has 1 N–H and O–H groups in total. The fourth-order valence-corrected chi connectivity index (χ4v) is 3.55. The van der Waals surface area contributed by atoms with Crippen LogP contribution in [-0.4, -0.2) is 52.6 Å². The Morgan fingerprint density at radius 2 is 2.12 bits per heavy atom. The van der Waals surface area contributed by atoms with Crippen molar-refractivity contribution in [1.82, 2.24) is 14.9 Å². The van der Waals surface area contributed by atoms with E-state index >= 15 is 0 Å². The number of anilines is 1. The maximum atomic E-state index is 13.3. The average Bonchev–Trinajstić information content (AvgIpc) is 2.65. The van der Waals surface area contributed by atoms with Crippen molar-refractivity contribution in [3.63, 3.8) is 0 Å². The molecular weight excluding hydrogens is 335 g/mol. The van der Waals surface area contributed by atoms with Gasteiger partial charge < -0.3 is 15.0 Å². The lowest BCUT2D eigenvalue weighted by Crippen LogP contribution is -2.66. The van der Waals surface area contributed by atoms with Crippen molar-refractivity contribution in [1.29, 1.82) is 0 Å². The van der Waals surface area contributed by atoms with Crippen LogP contribution in [0.15, 0.2) is 42.7 Å². The van der Waals surface area contributed by atoms with Gasteiger partial charge in [0.05, 0.1) is 19.7 Å². The van der Waals surface area contributed by atoms with E-state index in [1.54, 1.807) is 35.5 Å². The van der Waals surface area contributed by atoms with E-state index < -0.39 is 5.82 Å². The smallest absolute Gasteiger partial charge is 0.254 e. The van der Waals surface area contributed by atoms with Gasteiger partial charge in [0.25, 0.3) is 5.91 Å². The van der Waals surface area contributed by atoms with Crippen molar-refractivity contribution < 1.29 is 13.9 Å². The predicted molar refractivity (Wildman–Crippen MR) is 94.2 cm³/mol. The summed E-state index contributed by atoms with van der Waals surface area (Å²) in [5, 5.41) is 3.23. The molecule has 2 aliphatic heterocycles. The molecule has 0 unspecified atom stereocenters. The lowest BCUT2D eigenvalue weighted by atomic mass is 9.82. The third-order valence-electron chi connectivity index (χ3n) is 5.06. The van der Waals surface area contributed by atoms with Gasteiger partial charge in [-0.15, -0.1) is 0 Å². The second-order valence-electron chi connectivity index (χ2n) is 7.02. The molecule has 7 heteroatoms. The Hall–Kier alpha value is -2.54. The Balaban J connectivity index is 1.25. The quantitative estimate of drug-likeness (QED) is 0.911. The normalized spacial score (nSPS) is 21.3. The fraction of sp³-hybridized carbons (Fsp3) is 0.421. The van der Waals surface area contributed by atoms with Crippen LogP contribution in [0, 0.1) is 11.7 Å². The summed E-state index contributed by atoms with van der Waals surface area (Å²) in [5.41, 5.74) is 0.156. The minimum Gasteiger partial charge on any atom is -0.371 e. The van der Waals surface area contributed by atoms with Crippen LogP contribution in [0.2, 0.25) is 0 Å². The maximum Gasteiger partial charge on any atom is 0.254 e. The zero-order valence-electron chi connectivity index (χ0n) is 14.4. The number of ether oxygens (including phenoxy) is 1. The monoisotopic (exact) mass is 356 g/mol. The third-order valence-corrected chi connectivity index (χ3v) is 5.06. The van der Waals surface area contributed by atoms with Gasteiger partial charge in [-0.05, 0) is 43.0 Å². The second-order valence-corrected chi connectivity index (χ2v) is 7.02. The van der Waals surface area contributed by atoms with Gasteiger partial charge in [-0.3, -0.25) is 4.79 Å². The molecule has 1 spiro atoms. The van der Waals surface area contributed by atoms with E-state index in [0.717, 1.165) is 19.4 Å². The van der Waals surface area contributed by atoms with Crippen molar-refractivity contribution in [2.24, 2.45) is 5.92 Å². The van der Waals surface area contributed by atoms with Crippen molar-refractivity contribution in [3.8, 4) is 0 Å². The molecule has 3 heterocycles. The van der Waals surface area contributed by atoms with E-state index in [4.69, 9.17) is 4.74 Å². The van der Waals surface area contributed by atoms with Gasteiger partial charge >= 0.3 is 0 Å². The van der Waals surface area contributed by atoms with Gasteiger partial charge in [0, 0.05) is 24.5 Å². The zero-order chi connectivity index (χ0) is 18.0. The van der Waals surface area contributed by atoms with Crippen molar-refractivity contribution in [3.05, 3.63) is 54.1 Å². The number of carbonyl (C=O) groups excluding carboxylic acids is 1. The molecule has 0 radical (unpaired) electrons. The Kier molecular flexibility index (Phi) is 4.55. The standard InChI is InChI=1S/C19H21FN4O2/c20-16-4-1-3-15(9-16)17(25)24-12-19(13-24)6-5-14(11-26-19)10-23-18-21-7-2-8-22-18/h1-4,7-9,14H,5-6,10-13H2,(H,21,22,23)/t14-/m0/s1. The van der Waals surface area contributed by atoms with Crippen LogP contribution in [0.4, 0.5) is 10.3 Å². The Morgan fingerprint density at radius 3 is 2.81 bits per heavy atom. The van der Waals surface area contributed by atoms with E-state index in [-0.39, 0.29) is 11.5 Å². The first-order valence-corrected chi connectivity index (χ1v) is 8.83. The lowest BCUT2D eigenvalue weighted by Gasteiger charge is -2.52. The summed E-state index contributed by atoms with van der Waals surface area (Å²) >= 11 is 0. The highest BCUT2D eigenvalue weighted by molar-refractivity contribution is 5.94. The summed E-state index contributed by atoms with van der Waals surface area (Å²) in [4.78, 5) is 22.4. The van der Waals surface area contributed by atoms with Crippen LogP contribution in [0.1, 0.15) is 23.2 Å². The molecule has 0 saturated carbocycles. The van der Waals surface area contributed by atoms with Gasteiger partial charge in [-0.25, -0.2) is 14.4 Å². The number of aromatic nitrogens is 2. The Bertz CT molecular complexity index is 770. The largest absolute Gasteiger partial charge is 0.371 e. The van der Waals surface area contributed by atoms with Gasteiger partial charge in [0.1, 0.15) is 11.4 Å². The number of likely N-dealkylation sites (tertiary alicyclic amines) is 1. The molecule has 6 nitrogen and oxygen atoms in total. The van der Waals surface area contributed by atoms with Crippen molar-refractivity contribution >= 4 is 11.9 Å². The number of benzene rings is 1. The summed E-state index contributed by atoms with van der Waals surface area (Å²) in [5.74, 6) is 0.502. The molecule has 2 aliphatic rings. The van der Waals surface area contributed by atoms with E-state index in [0.29, 0.717) is 37.1 Å². The average molecular weight is 356 g/mol. The van der Waals surface area contributed by atoms with Crippen molar-refractivity contribution in [2.75, 3.05) is 31.6 Å². The molecular formula is C19H21FN4O2. The number of amides is 1. The molecule has 0 aliphatic carbocycles. The summed E-state index contributed by atoms with van der Waals surface area (Å²) in [6, 6.07) is 7.61. The summed E-state index contributed by atoms with van der Waals surface area (Å²) in [6.07, 6.45) is 5.37. The SMILES string of the molecule is O=C(c1cccc(F)c1)N1CC2(CC[C@@H](CNc3ncccn3)CO2)C1. The van der Waals surface area contributed by atoms with Crippen LogP contribution in [-0.2, 0) is 4.74 Å². The first-order chi connectivity index (χ1) is 12.6. The highest BCUT2D eigenvalue weighted by Gasteiger charge is 2.48. The minimum absolute atomic E-state index is 0.135.